The van der Waals surface area contributed by atoms with Crippen LogP contribution >= 0.6 is 11.6 Å². The lowest BCUT2D eigenvalue weighted by Crippen LogP contribution is -2.51. The molecule has 1 aliphatic carbocycles. The van der Waals surface area contributed by atoms with Gasteiger partial charge in [0.1, 0.15) is 12.1 Å². The van der Waals surface area contributed by atoms with Gasteiger partial charge in [-0.1, -0.05) is 44.5 Å². The number of nitrogens with one attached hydrogen (secondary N) is 1. The number of likely N-dealkylation sites (N-methyl/N-ethyl adjacent to an activating group) is 1. The first-order valence-corrected chi connectivity index (χ1v) is 10.5. The Balaban J connectivity index is 1.61. The van der Waals surface area contributed by atoms with Gasteiger partial charge in [0.15, 0.2) is 0 Å². The van der Waals surface area contributed by atoms with Crippen molar-refractivity contribution in [3.63, 3.8) is 0 Å². The molecule has 6 nitrogen and oxygen atoms in total. The molecule has 1 aromatic carbocycles. The molecule has 0 atom stereocenters. The third-order valence-corrected chi connectivity index (χ3v) is 6.61. The van der Waals surface area contributed by atoms with Crippen LogP contribution < -0.4 is 5.32 Å². The van der Waals surface area contributed by atoms with Gasteiger partial charge in [-0.2, -0.15) is 0 Å². The fourth-order valence-corrected chi connectivity index (χ4v) is 4.47. The van der Waals surface area contributed by atoms with Crippen LogP contribution in [0.3, 0.4) is 0 Å². The molecule has 158 valence electrons. The number of benzene rings is 1. The Morgan fingerprint density at radius 2 is 1.79 bits per heavy atom. The van der Waals surface area contributed by atoms with Crippen LogP contribution in [0.2, 0.25) is 5.02 Å². The van der Waals surface area contributed by atoms with Gasteiger partial charge >= 0.3 is 6.03 Å². The molecule has 1 saturated carbocycles. The number of hydrogen-bond donors (Lipinski definition) is 1. The van der Waals surface area contributed by atoms with Crippen molar-refractivity contribution < 1.29 is 14.4 Å². The molecular weight excluding hydrogens is 390 g/mol. The first-order chi connectivity index (χ1) is 13.5. The van der Waals surface area contributed by atoms with Gasteiger partial charge in [0.25, 0.3) is 5.91 Å². The van der Waals surface area contributed by atoms with E-state index < -0.39 is 11.6 Å². The van der Waals surface area contributed by atoms with Crippen molar-refractivity contribution >= 4 is 29.4 Å². The highest BCUT2D eigenvalue weighted by Gasteiger charge is 2.53. The Bertz CT molecular complexity index is 793. The lowest BCUT2D eigenvalue weighted by molar-refractivity contribution is -0.139. The lowest BCUT2D eigenvalue weighted by Gasteiger charge is -2.40. The number of rotatable bonds is 4. The number of halogens is 1. The van der Waals surface area contributed by atoms with Crippen molar-refractivity contribution in [2.24, 2.45) is 11.3 Å². The van der Waals surface area contributed by atoms with Crippen LogP contribution in [0.5, 0.6) is 0 Å². The Labute approximate surface area is 177 Å². The number of urea groups is 1. The van der Waals surface area contributed by atoms with Crippen LogP contribution in [0, 0.1) is 11.3 Å². The van der Waals surface area contributed by atoms with E-state index in [9.17, 15) is 14.4 Å². The molecule has 7 heteroatoms. The summed E-state index contributed by atoms with van der Waals surface area (Å²) in [5, 5.41) is 3.53. The standard InChI is InChI=1S/C22H30ClN3O3/c1-21(2,3)16-9-11-22(12-10-16)19(28)26(20(29)24-22)14-18(27)25(4)13-15-5-7-17(23)8-6-15/h5-8,16H,9-14H2,1-4H3,(H,24,29). The molecule has 0 bridgehead atoms. The van der Waals surface area contributed by atoms with E-state index in [1.807, 2.05) is 12.1 Å². The van der Waals surface area contributed by atoms with Crippen LogP contribution in [0.4, 0.5) is 4.79 Å². The van der Waals surface area contributed by atoms with Crippen molar-refractivity contribution in [2.75, 3.05) is 13.6 Å². The number of imide groups is 1. The maximum Gasteiger partial charge on any atom is 0.325 e. The highest BCUT2D eigenvalue weighted by molar-refractivity contribution is 6.30. The molecule has 1 heterocycles. The van der Waals surface area contributed by atoms with Gasteiger partial charge in [-0.25, -0.2) is 4.79 Å². The van der Waals surface area contributed by atoms with Crippen LogP contribution in [-0.2, 0) is 16.1 Å². The van der Waals surface area contributed by atoms with Crippen LogP contribution in [0.25, 0.3) is 0 Å². The maximum atomic E-state index is 13.1. The summed E-state index contributed by atoms with van der Waals surface area (Å²) < 4.78 is 0. The molecule has 0 unspecified atom stereocenters. The van der Waals surface area contributed by atoms with E-state index in [1.165, 1.54) is 4.90 Å². The zero-order valence-electron chi connectivity index (χ0n) is 17.6. The molecule has 1 spiro atoms. The molecule has 0 aromatic heterocycles. The third-order valence-electron chi connectivity index (χ3n) is 6.36. The first-order valence-electron chi connectivity index (χ1n) is 10.1. The zero-order chi connectivity index (χ0) is 21.4. The quantitative estimate of drug-likeness (QED) is 0.754. The van der Waals surface area contributed by atoms with Gasteiger partial charge in [-0.15, -0.1) is 0 Å². The molecular formula is C22H30ClN3O3. The minimum atomic E-state index is -0.839. The molecule has 3 rings (SSSR count). The van der Waals surface area contributed by atoms with E-state index in [1.54, 1.807) is 19.2 Å². The molecule has 0 radical (unpaired) electrons. The predicted molar refractivity (Wildman–Crippen MR) is 112 cm³/mol. The van der Waals surface area contributed by atoms with Gasteiger partial charge in [-0.3, -0.25) is 14.5 Å². The first kappa shape index (κ1) is 21.6. The highest BCUT2D eigenvalue weighted by atomic mass is 35.5. The van der Waals surface area contributed by atoms with E-state index in [0.29, 0.717) is 30.3 Å². The number of amides is 4. The average Bonchev–Trinajstić information content (AvgIpc) is 2.87. The zero-order valence-corrected chi connectivity index (χ0v) is 18.4. The molecule has 1 saturated heterocycles. The number of carbonyl (C=O) groups is 3. The monoisotopic (exact) mass is 419 g/mol. The third kappa shape index (κ3) is 4.58. The summed E-state index contributed by atoms with van der Waals surface area (Å²) >= 11 is 5.89. The molecule has 29 heavy (non-hydrogen) atoms. The molecule has 2 fully saturated rings. The van der Waals surface area contributed by atoms with Gasteiger partial charge in [0.05, 0.1) is 0 Å². The van der Waals surface area contributed by atoms with Crippen molar-refractivity contribution in [1.29, 1.82) is 0 Å². The Morgan fingerprint density at radius 1 is 1.21 bits per heavy atom. The number of carbonyl (C=O) groups excluding carboxylic acids is 3. The van der Waals surface area contributed by atoms with E-state index >= 15 is 0 Å². The van der Waals surface area contributed by atoms with Crippen molar-refractivity contribution in [3.05, 3.63) is 34.9 Å². The Morgan fingerprint density at radius 3 is 2.34 bits per heavy atom. The Hall–Kier alpha value is -2.08. The second-order valence-electron chi connectivity index (χ2n) is 9.42. The van der Waals surface area contributed by atoms with Crippen molar-refractivity contribution in [1.82, 2.24) is 15.1 Å². The smallest absolute Gasteiger partial charge is 0.325 e. The van der Waals surface area contributed by atoms with Gasteiger partial charge in [0, 0.05) is 18.6 Å². The van der Waals surface area contributed by atoms with Crippen molar-refractivity contribution in [3.8, 4) is 0 Å². The topological polar surface area (TPSA) is 69.7 Å². The molecule has 1 aliphatic heterocycles. The molecule has 4 amide bonds. The van der Waals surface area contributed by atoms with E-state index in [-0.39, 0.29) is 23.8 Å². The van der Waals surface area contributed by atoms with Crippen LogP contribution in [0.15, 0.2) is 24.3 Å². The van der Waals surface area contributed by atoms with Crippen molar-refractivity contribution in [2.45, 2.75) is 58.5 Å². The Kier molecular flexibility index (Phi) is 5.95. The van der Waals surface area contributed by atoms with Gasteiger partial charge in [-0.05, 0) is 54.7 Å². The minimum Gasteiger partial charge on any atom is -0.340 e. The second-order valence-corrected chi connectivity index (χ2v) is 9.86. The normalized spacial score (nSPS) is 24.7. The summed E-state index contributed by atoms with van der Waals surface area (Å²) in [6.07, 6.45) is 3.05. The molecule has 1 N–H and O–H groups in total. The fourth-order valence-electron chi connectivity index (χ4n) is 4.34. The van der Waals surface area contributed by atoms with Crippen LogP contribution in [0.1, 0.15) is 52.0 Å². The molecule has 1 aromatic rings. The number of hydrogen-bond acceptors (Lipinski definition) is 3. The highest BCUT2D eigenvalue weighted by Crippen LogP contribution is 2.43. The summed E-state index contributed by atoms with van der Waals surface area (Å²) in [5.41, 5.74) is 0.278. The fraction of sp³-hybridized carbons (Fsp3) is 0.591. The predicted octanol–water partition coefficient (Wildman–Crippen LogP) is 3.83. The summed E-state index contributed by atoms with van der Waals surface area (Å²) in [6, 6.07) is 6.78. The van der Waals surface area contributed by atoms with E-state index in [0.717, 1.165) is 23.3 Å². The maximum absolute atomic E-state index is 13.1. The van der Waals surface area contributed by atoms with E-state index in [4.69, 9.17) is 11.6 Å². The van der Waals surface area contributed by atoms with Gasteiger partial charge < -0.3 is 10.2 Å². The van der Waals surface area contributed by atoms with Crippen LogP contribution in [-0.4, -0.2) is 46.8 Å². The van der Waals surface area contributed by atoms with Gasteiger partial charge in [0.2, 0.25) is 5.91 Å². The SMILES string of the molecule is CN(Cc1ccc(Cl)cc1)C(=O)CN1C(=O)NC2(CCC(C(C)(C)C)CC2)C1=O. The minimum absolute atomic E-state index is 0.188. The largest absolute Gasteiger partial charge is 0.340 e. The van der Waals surface area contributed by atoms with E-state index in [2.05, 4.69) is 26.1 Å². The average molecular weight is 420 g/mol. The summed E-state index contributed by atoms with van der Waals surface area (Å²) in [4.78, 5) is 40.8. The summed E-state index contributed by atoms with van der Waals surface area (Å²) in [6.45, 7) is 6.79. The summed E-state index contributed by atoms with van der Waals surface area (Å²) in [5.74, 6) is -0.00834. The number of nitrogens with zero attached hydrogens (tertiary/aromatic N) is 2. The molecule has 2 aliphatic rings. The lowest BCUT2D eigenvalue weighted by atomic mass is 9.67. The second kappa shape index (κ2) is 7.98. The summed E-state index contributed by atoms with van der Waals surface area (Å²) in [7, 11) is 1.67.